The lowest BCUT2D eigenvalue weighted by molar-refractivity contribution is -0.131. The Morgan fingerprint density at radius 3 is 2.61 bits per heavy atom. The summed E-state index contributed by atoms with van der Waals surface area (Å²) in [6, 6.07) is 0.610. The van der Waals surface area contributed by atoms with E-state index in [1.54, 1.807) is 0 Å². The summed E-state index contributed by atoms with van der Waals surface area (Å²) in [5, 5.41) is 6.44. The van der Waals surface area contributed by atoms with Crippen LogP contribution in [0.15, 0.2) is 0 Å². The second-order valence-corrected chi connectivity index (χ2v) is 7.41. The predicted molar refractivity (Wildman–Crippen MR) is 92.5 cm³/mol. The molecule has 2 N–H and O–H groups in total. The summed E-state index contributed by atoms with van der Waals surface area (Å²) in [5.74, 6) is 0.899. The molecule has 2 heterocycles. The van der Waals surface area contributed by atoms with Crippen LogP contribution < -0.4 is 10.6 Å². The van der Waals surface area contributed by atoms with Gasteiger partial charge in [-0.05, 0) is 51.0 Å². The first-order chi connectivity index (χ1) is 10.6. The summed E-state index contributed by atoms with van der Waals surface area (Å²) in [6.07, 6.45) is 7.18. The number of likely N-dealkylation sites (tertiary alicyclic amines) is 1. The smallest absolute Gasteiger partial charge is 0.225 e. The molecule has 1 aliphatic carbocycles. The summed E-state index contributed by atoms with van der Waals surface area (Å²) in [5.41, 5.74) is 0. The van der Waals surface area contributed by atoms with Crippen molar-refractivity contribution in [2.75, 3.05) is 19.6 Å². The van der Waals surface area contributed by atoms with E-state index < -0.39 is 0 Å². The monoisotopic (exact) mass is 343 g/mol. The average Bonchev–Trinajstić information content (AvgIpc) is 2.91. The molecule has 3 rings (SSSR count). The normalized spacial score (nSPS) is 34.8. The number of hydrogen-bond acceptors (Lipinski definition) is 3. The number of halogens is 1. The average molecular weight is 344 g/mol. The maximum atomic E-state index is 12.4. The highest BCUT2D eigenvalue weighted by molar-refractivity contribution is 5.89. The summed E-state index contributed by atoms with van der Waals surface area (Å²) < 4.78 is 0. The fourth-order valence-corrected chi connectivity index (χ4v) is 4.11. The molecule has 2 aliphatic heterocycles. The van der Waals surface area contributed by atoms with E-state index in [1.807, 2.05) is 4.90 Å². The predicted octanol–water partition coefficient (Wildman–Crippen LogP) is 1.70. The Labute approximate surface area is 145 Å². The van der Waals surface area contributed by atoms with Crippen LogP contribution in [0.2, 0.25) is 0 Å². The van der Waals surface area contributed by atoms with Gasteiger partial charge < -0.3 is 15.5 Å². The SMILES string of the molecule is CC1CCC(N2CC(C(=O)NC3CCCNC3)CC2=O)CC1.Cl. The molecule has 0 aromatic carbocycles. The van der Waals surface area contributed by atoms with E-state index in [9.17, 15) is 9.59 Å². The number of nitrogens with one attached hydrogen (secondary N) is 2. The molecule has 5 nitrogen and oxygen atoms in total. The Morgan fingerprint density at radius 1 is 1.22 bits per heavy atom. The fraction of sp³-hybridized carbons (Fsp3) is 0.882. The van der Waals surface area contributed by atoms with Gasteiger partial charge >= 0.3 is 0 Å². The zero-order valence-corrected chi connectivity index (χ0v) is 14.9. The fourth-order valence-electron chi connectivity index (χ4n) is 4.11. The second-order valence-electron chi connectivity index (χ2n) is 7.41. The minimum atomic E-state index is -0.145. The van der Waals surface area contributed by atoms with Crippen LogP contribution in [0.5, 0.6) is 0 Å². The van der Waals surface area contributed by atoms with E-state index in [0.717, 1.165) is 44.7 Å². The Balaban J connectivity index is 0.00000192. The zero-order chi connectivity index (χ0) is 15.5. The summed E-state index contributed by atoms with van der Waals surface area (Å²) >= 11 is 0. The Bertz CT molecular complexity index is 418. The van der Waals surface area contributed by atoms with Crippen LogP contribution >= 0.6 is 12.4 Å². The van der Waals surface area contributed by atoms with Gasteiger partial charge in [-0.15, -0.1) is 12.4 Å². The second kappa shape index (κ2) is 8.34. The van der Waals surface area contributed by atoms with Crippen molar-refractivity contribution in [3.63, 3.8) is 0 Å². The van der Waals surface area contributed by atoms with Crippen LogP contribution in [-0.4, -0.2) is 48.4 Å². The number of piperidine rings is 1. The van der Waals surface area contributed by atoms with Crippen LogP contribution in [0.1, 0.15) is 51.9 Å². The molecule has 0 aromatic heterocycles. The number of carbonyl (C=O) groups excluding carboxylic acids is 2. The number of amides is 2. The van der Waals surface area contributed by atoms with Gasteiger partial charge in [-0.25, -0.2) is 0 Å². The van der Waals surface area contributed by atoms with E-state index in [4.69, 9.17) is 0 Å². The van der Waals surface area contributed by atoms with E-state index >= 15 is 0 Å². The Hall–Kier alpha value is -0.810. The van der Waals surface area contributed by atoms with Gasteiger partial charge in [0.25, 0.3) is 0 Å². The minimum Gasteiger partial charge on any atom is -0.352 e. The van der Waals surface area contributed by atoms with E-state index in [0.29, 0.717) is 19.0 Å². The number of rotatable bonds is 3. The van der Waals surface area contributed by atoms with Crippen molar-refractivity contribution in [1.29, 1.82) is 0 Å². The molecule has 2 amide bonds. The first-order valence-electron chi connectivity index (χ1n) is 8.94. The number of carbonyl (C=O) groups is 2. The largest absolute Gasteiger partial charge is 0.352 e. The van der Waals surface area contributed by atoms with Crippen LogP contribution in [0, 0.1) is 11.8 Å². The van der Waals surface area contributed by atoms with Crippen molar-refractivity contribution in [1.82, 2.24) is 15.5 Å². The maximum absolute atomic E-state index is 12.4. The molecular weight excluding hydrogens is 314 g/mol. The van der Waals surface area contributed by atoms with Gasteiger partial charge in [0, 0.05) is 31.6 Å². The molecule has 0 aromatic rings. The lowest BCUT2D eigenvalue weighted by atomic mass is 9.86. The van der Waals surface area contributed by atoms with Gasteiger partial charge in [0.2, 0.25) is 11.8 Å². The first-order valence-corrected chi connectivity index (χ1v) is 8.94. The molecule has 2 unspecified atom stereocenters. The van der Waals surface area contributed by atoms with Crippen molar-refractivity contribution in [2.45, 2.75) is 64.0 Å². The molecular formula is C17H30ClN3O2. The molecule has 132 valence electrons. The summed E-state index contributed by atoms with van der Waals surface area (Å²) in [7, 11) is 0. The highest BCUT2D eigenvalue weighted by atomic mass is 35.5. The van der Waals surface area contributed by atoms with Crippen LogP contribution in [0.3, 0.4) is 0 Å². The third-order valence-corrected chi connectivity index (χ3v) is 5.60. The Kier molecular flexibility index (Phi) is 6.72. The third kappa shape index (κ3) is 4.60. The quantitative estimate of drug-likeness (QED) is 0.820. The van der Waals surface area contributed by atoms with Gasteiger partial charge in [0.15, 0.2) is 0 Å². The zero-order valence-electron chi connectivity index (χ0n) is 14.1. The van der Waals surface area contributed by atoms with Gasteiger partial charge in [-0.1, -0.05) is 6.92 Å². The minimum absolute atomic E-state index is 0. The van der Waals surface area contributed by atoms with E-state index in [-0.39, 0.29) is 36.2 Å². The molecule has 23 heavy (non-hydrogen) atoms. The number of nitrogens with zero attached hydrogens (tertiary/aromatic N) is 1. The lowest BCUT2D eigenvalue weighted by Crippen LogP contribution is -2.48. The van der Waals surface area contributed by atoms with Gasteiger partial charge in [0.1, 0.15) is 0 Å². The standard InChI is InChI=1S/C17H29N3O2.ClH/c1-12-4-6-15(7-5-12)20-11-13(9-16(20)21)17(22)19-14-3-2-8-18-10-14;/h12-15,18H,2-11H2,1H3,(H,19,22);1H. The van der Waals surface area contributed by atoms with Gasteiger partial charge in [-0.2, -0.15) is 0 Å². The van der Waals surface area contributed by atoms with Crippen molar-refractivity contribution in [3.05, 3.63) is 0 Å². The van der Waals surface area contributed by atoms with Crippen molar-refractivity contribution < 1.29 is 9.59 Å². The molecule has 0 radical (unpaired) electrons. The molecule has 0 bridgehead atoms. The topological polar surface area (TPSA) is 61.4 Å². The van der Waals surface area contributed by atoms with Gasteiger partial charge in [0.05, 0.1) is 5.92 Å². The summed E-state index contributed by atoms with van der Waals surface area (Å²) in [4.78, 5) is 26.7. The molecule has 2 atom stereocenters. The molecule has 6 heteroatoms. The Morgan fingerprint density at radius 2 is 1.96 bits per heavy atom. The van der Waals surface area contributed by atoms with Crippen molar-refractivity contribution in [3.8, 4) is 0 Å². The van der Waals surface area contributed by atoms with Crippen molar-refractivity contribution >= 4 is 24.2 Å². The van der Waals surface area contributed by atoms with E-state index in [2.05, 4.69) is 17.6 Å². The van der Waals surface area contributed by atoms with E-state index in [1.165, 1.54) is 12.8 Å². The summed E-state index contributed by atoms with van der Waals surface area (Å²) in [6.45, 7) is 4.82. The lowest BCUT2D eigenvalue weighted by Gasteiger charge is -2.33. The maximum Gasteiger partial charge on any atom is 0.225 e. The highest BCUT2D eigenvalue weighted by Gasteiger charge is 2.39. The molecule has 0 spiro atoms. The van der Waals surface area contributed by atoms with Gasteiger partial charge in [-0.3, -0.25) is 9.59 Å². The third-order valence-electron chi connectivity index (χ3n) is 5.60. The molecule has 2 saturated heterocycles. The first kappa shape index (κ1) is 18.5. The molecule has 1 saturated carbocycles. The number of hydrogen-bond donors (Lipinski definition) is 2. The highest BCUT2D eigenvalue weighted by Crippen LogP contribution is 2.31. The van der Waals surface area contributed by atoms with Crippen LogP contribution in [0.4, 0.5) is 0 Å². The van der Waals surface area contributed by atoms with Crippen LogP contribution in [-0.2, 0) is 9.59 Å². The molecule has 3 fully saturated rings. The molecule has 3 aliphatic rings. The van der Waals surface area contributed by atoms with Crippen LogP contribution in [0.25, 0.3) is 0 Å². The van der Waals surface area contributed by atoms with Crippen molar-refractivity contribution in [2.24, 2.45) is 11.8 Å².